The first-order chi connectivity index (χ1) is 12.9. The van der Waals surface area contributed by atoms with Crippen LogP contribution in [0.1, 0.15) is 35.8 Å². The lowest BCUT2D eigenvalue weighted by Crippen LogP contribution is -2.37. The van der Waals surface area contributed by atoms with Gasteiger partial charge in [-0.25, -0.2) is 9.97 Å². The van der Waals surface area contributed by atoms with E-state index in [0.29, 0.717) is 5.92 Å². The number of aryl methyl sites for hydroxylation is 1. The quantitative estimate of drug-likeness (QED) is 0.777. The zero-order valence-corrected chi connectivity index (χ0v) is 17.6. The number of hydrogen-bond donors (Lipinski definition) is 0. The topological polar surface area (TPSA) is 53.3 Å². The first-order valence-corrected chi connectivity index (χ1v) is 9.80. The second-order valence-electron chi connectivity index (χ2n) is 8.02. The van der Waals surface area contributed by atoms with Gasteiger partial charge in [0.05, 0.1) is 0 Å². The Morgan fingerprint density at radius 3 is 2.63 bits per heavy atom. The molecule has 1 aliphatic heterocycles. The van der Waals surface area contributed by atoms with Crippen LogP contribution in [0.15, 0.2) is 12.4 Å². The van der Waals surface area contributed by atoms with Crippen molar-refractivity contribution in [1.29, 1.82) is 0 Å². The first-order valence-electron chi connectivity index (χ1n) is 9.80. The Morgan fingerprint density at radius 1 is 1.15 bits per heavy atom. The fraction of sp³-hybridized carbons (Fsp3) is 0.650. The molecule has 3 heterocycles. The van der Waals surface area contributed by atoms with Crippen molar-refractivity contribution in [1.82, 2.24) is 24.4 Å². The molecule has 0 N–H and O–H groups in total. The second kappa shape index (κ2) is 8.25. The summed E-state index contributed by atoms with van der Waals surface area (Å²) in [4.78, 5) is 20.8. The molecule has 148 valence electrons. The summed E-state index contributed by atoms with van der Waals surface area (Å²) in [6, 6.07) is 0. The lowest BCUT2D eigenvalue weighted by molar-refractivity contribution is 0.373. The molecule has 2 aromatic heterocycles. The Kier molecular flexibility index (Phi) is 5.99. The number of piperidine rings is 1. The summed E-state index contributed by atoms with van der Waals surface area (Å²) >= 11 is 0. The van der Waals surface area contributed by atoms with Gasteiger partial charge in [0.2, 0.25) is 5.95 Å². The third-order valence-corrected chi connectivity index (χ3v) is 5.37. The molecule has 0 aromatic carbocycles. The van der Waals surface area contributed by atoms with Crippen molar-refractivity contribution in [2.24, 2.45) is 0 Å². The van der Waals surface area contributed by atoms with E-state index >= 15 is 0 Å². The van der Waals surface area contributed by atoms with E-state index < -0.39 is 0 Å². The van der Waals surface area contributed by atoms with Crippen LogP contribution in [0.2, 0.25) is 0 Å². The molecule has 3 rings (SSSR count). The highest BCUT2D eigenvalue weighted by molar-refractivity contribution is 5.52. The van der Waals surface area contributed by atoms with E-state index in [0.717, 1.165) is 50.1 Å². The summed E-state index contributed by atoms with van der Waals surface area (Å²) in [5.74, 6) is 3.50. The normalized spacial score (nSPS) is 17.6. The number of imidazole rings is 1. The van der Waals surface area contributed by atoms with Crippen molar-refractivity contribution in [2.75, 3.05) is 57.6 Å². The van der Waals surface area contributed by atoms with Crippen molar-refractivity contribution in [3.05, 3.63) is 29.5 Å². The molecule has 1 aliphatic rings. The molecule has 1 saturated heterocycles. The number of hydrogen-bond acceptors (Lipinski definition) is 6. The van der Waals surface area contributed by atoms with E-state index in [2.05, 4.69) is 53.5 Å². The second-order valence-corrected chi connectivity index (χ2v) is 8.02. The predicted octanol–water partition coefficient (Wildman–Crippen LogP) is 2.30. The van der Waals surface area contributed by atoms with Crippen LogP contribution in [0.25, 0.3) is 0 Å². The lowest BCUT2D eigenvalue weighted by Gasteiger charge is -2.35. The molecule has 2 aromatic rings. The van der Waals surface area contributed by atoms with Crippen LogP contribution in [0.3, 0.4) is 0 Å². The third-order valence-electron chi connectivity index (χ3n) is 5.37. The average molecular weight is 372 g/mol. The van der Waals surface area contributed by atoms with E-state index in [1.165, 1.54) is 17.8 Å². The predicted molar refractivity (Wildman–Crippen MR) is 111 cm³/mol. The molecule has 0 radical (unpaired) electrons. The molecule has 0 aliphatic carbocycles. The number of aromatic nitrogens is 4. The highest BCUT2D eigenvalue weighted by Gasteiger charge is 2.27. The van der Waals surface area contributed by atoms with Crippen LogP contribution in [-0.4, -0.2) is 72.2 Å². The first kappa shape index (κ1) is 19.6. The third kappa shape index (κ3) is 4.40. The molecule has 1 atom stereocenters. The number of likely N-dealkylation sites (N-methyl/N-ethyl adjacent to an activating group) is 1. The zero-order valence-electron chi connectivity index (χ0n) is 17.6. The van der Waals surface area contributed by atoms with Crippen LogP contribution in [0.4, 0.5) is 11.8 Å². The van der Waals surface area contributed by atoms with E-state index in [-0.39, 0.29) is 0 Å². The number of nitrogens with zero attached hydrogens (tertiary/aromatic N) is 7. The molecule has 0 saturated carbocycles. The van der Waals surface area contributed by atoms with Crippen LogP contribution in [0, 0.1) is 13.8 Å². The van der Waals surface area contributed by atoms with Crippen LogP contribution >= 0.6 is 0 Å². The maximum Gasteiger partial charge on any atom is 0.227 e. The van der Waals surface area contributed by atoms with Gasteiger partial charge in [-0.3, -0.25) is 0 Å². The Balaban J connectivity index is 1.82. The molecule has 0 spiro atoms. The summed E-state index contributed by atoms with van der Waals surface area (Å²) in [7, 11) is 8.21. The Morgan fingerprint density at radius 2 is 1.93 bits per heavy atom. The SMILES string of the molecule is Cc1nc(N(C)C)nc(N2CCC[C@H](c3nccn3CCN(C)C)C2)c1C. The van der Waals surface area contributed by atoms with Gasteiger partial charge in [-0.15, -0.1) is 0 Å². The van der Waals surface area contributed by atoms with Gasteiger partial charge in [0.15, 0.2) is 0 Å². The molecule has 0 amide bonds. The molecule has 7 nitrogen and oxygen atoms in total. The van der Waals surface area contributed by atoms with Crippen LogP contribution in [-0.2, 0) is 6.54 Å². The summed E-state index contributed by atoms with van der Waals surface area (Å²) in [6.07, 6.45) is 6.39. The van der Waals surface area contributed by atoms with Gasteiger partial charge in [-0.2, -0.15) is 4.98 Å². The summed E-state index contributed by atoms with van der Waals surface area (Å²) in [5.41, 5.74) is 2.23. The molecule has 0 bridgehead atoms. The Hall–Kier alpha value is -2.15. The number of anilines is 2. The van der Waals surface area contributed by atoms with Gasteiger partial charge in [0.25, 0.3) is 0 Å². The Bertz CT molecular complexity index is 766. The fourth-order valence-electron chi connectivity index (χ4n) is 3.66. The van der Waals surface area contributed by atoms with E-state index in [4.69, 9.17) is 9.97 Å². The maximum absolute atomic E-state index is 4.86. The average Bonchev–Trinajstić information content (AvgIpc) is 3.10. The minimum absolute atomic E-state index is 0.438. The van der Waals surface area contributed by atoms with Crippen LogP contribution < -0.4 is 9.80 Å². The summed E-state index contributed by atoms with van der Waals surface area (Å²) in [5, 5.41) is 0. The largest absolute Gasteiger partial charge is 0.355 e. The zero-order chi connectivity index (χ0) is 19.6. The molecule has 1 fully saturated rings. The molecular weight excluding hydrogens is 338 g/mol. The smallest absolute Gasteiger partial charge is 0.227 e. The van der Waals surface area contributed by atoms with E-state index in [1.54, 1.807) is 0 Å². The minimum atomic E-state index is 0.438. The van der Waals surface area contributed by atoms with E-state index in [1.807, 2.05) is 25.2 Å². The number of rotatable bonds is 6. The van der Waals surface area contributed by atoms with Gasteiger partial charge >= 0.3 is 0 Å². The molecule has 0 unspecified atom stereocenters. The van der Waals surface area contributed by atoms with Gasteiger partial charge in [0, 0.05) is 69.8 Å². The van der Waals surface area contributed by atoms with Gasteiger partial charge in [0.1, 0.15) is 11.6 Å². The van der Waals surface area contributed by atoms with Crippen molar-refractivity contribution < 1.29 is 0 Å². The standard InChI is InChI=1S/C20H33N7/c1-15-16(2)22-20(25(5)6)23-18(15)27-10-7-8-17(14-27)19-21-9-11-26(19)13-12-24(3)4/h9,11,17H,7-8,10,12-14H2,1-6H3/t17-/m0/s1. The van der Waals surface area contributed by atoms with Crippen molar-refractivity contribution in [3.8, 4) is 0 Å². The van der Waals surface area contributed by atoms with Gasteiger partial charge in [-0.1, -0.05) is 0 Å². The molecular formula is C20H33N7. The minimum Gasteiger partial charge on any atom is -0.355 e. The van der Waals surface area contributed by atoms with Crippen molar-refractivity contribution in [3.63, 3.8) is 0 Å². The maximum atomic E-state index is 4.86. The monoisotopic (exact) mass is 371 g/mol. The van der Waals surface area contributed by atoms with Crippen molar-refractivity contribution >= 4 is 11.8 Å². The fourth-order valence-corrected chi connectivity index (χ4v) is 3.66. The van der Waals surface area contributed by atoms with E-state index in [9.17, 15) is 0 Å². The van der Waals surface area contributed by atoms with Crippen LogP contribution in [0.5, 0.6) is 0 Å². The van der Waals surface area contributed by atoms with Gasteiger partial charge in [-0.05, 0) is 40.8 Å². The molecule has 7 heteroatoms. The highest BCUT2D eigenvalue weighted by Crippen LogP contribution is 2.31. The summed E-state index contributed by atoms with van der Waals surface area (Å²) < 4.78 is 2.32. The summed E-state index contributed by atoms with van der Waals surface area (Å²) in [6.45, 7) is 8.21. The highest BCUT2D eigenvalue weighted by atomic mass is 15.3. The molecule has 27 heavy (non-hydrogen) atoms. The Labute approximate surface area is 163 Å². The van der Waals surface area contributed by atoms with Crippen molar-refractivity contribution in [2.45, 2.75) is 39.2 Å². The lowest BCUT2D eigenvalue weighted by atomic mass is 9.96. The van der Waals surface area contributed by atoms with Gasteiger partial charge < -0.3 is 19.3 Å².